The predicted octanol–water partition coefficient (Wildman–Crippen LogP) is 4.19. The molecule has 5 rings (SSSR count). The lowest BCUT2D eigenvalue weighted by atomic mass is 10.1. The highest BCUT2D eigenvalue weighted by Gasteiger charge is 2.38. The minimum Gasteiger partial charge on any atom is -0.475 e. The summed E-state index contributed by atoms with van der Waals surface area (Å²) in [6, 6.07) is 13.2. The van der Waals surface area contributed by atoms with Crippen LogP contribution in [0.25, 0.3) is 22.3 Å². The maximum absolute atomic E-state index is 13.0. The van der Waals surface area contributed by atoms with Crippen LogP contribution >= 0.6 is 0 Å². The number of aliphatic carboxylic acids is 1. The van der Waals surface area contributed by atoms with E-state index >= 15 is 0 Å². The molecule has 40 heavy (non-hydrogen) atoms. The molecule has 0 aliphatic heterocycles. The second-order valence-corrected chi connectivity index (χ2v) is 10.1. The molecule has 1 unspecified atom stereocenters. The fourth-order valence-electron chi connectivity index (χ4n) is 3.68. The van der Waals surface area contributed by atoms with Crippen LogP contribution in [0.1, 0.15) is 18.0 Å². The van der Waals surface area contributed by atoms with Crippen molar-refractivity contribution in [2.24, 2.45) is 0 Å². The first-order valence-electron chi connectivity index (χ1n) is 11.3. The maximum atomic E-state index is 13.0. The quantitative estimate of drug-likeness (QED) is 0.305. The highest BCUT2D eigenvalue weighted by molar-refractivity contribution is 7.91. The Morgan fingerprint density at radius 2 is 1.82 bits per heavy atom. The van der Waals surface area contributed by atoms with Crippen molar-refractivity contribution in [3.8, 4) is 17.3 Å². The van der Waals surface area contributed by atoms with Crippen LogP contribution in [0.15, 0.2) is 89.6 Å². The molecule has 15 heteroatoms. The van der Waals surface area contributed by atoms with Crippen molar-refractivity contribution in [3.05, 3.63) is 85.3 Å². The van der Waals surface area contributed by atoms with Gasteiger partial charge in [-0.25, -0.2) is 23.2 Å². The molecule has 0 radical (unpaired) electrons. The molecule has 0 aliphatic rings. The van der Waals surface area contributed by atoms with Crippen LogP contribution < -0.4 is 0 Å². The van der Waals surface area contributed by atoms with E-state index in [0.717, 1.165) is 10.9 Å². The summed E-state index contributed by atoms with van der Waals surface area (Å²) in [6.07, 6.45) is 4.58. The van der Waals surface area contributed by atoms with E-state index in [-0.39, 0.29) is 16.2 Å². The maximum Gasteiger partial charge on any atom is 0.490 e. The van der Waals surface area contributed by atoms with Gasteiger partial charge >= 0.3 is 12.1 Å². The molecule has 1 atom stereocenters. The Labute approximate surface area is 224 Å². The molecule has 0 saturated heterocycles. The fourth-order valence-corrected chi connectivity index (χ4v) is 4.96. The van der Waals surface area contributed by atoms with Crippen molar-refractivity contribution in [2.75, 3.05) is 0 Å². The van der Waals surface area contributed by atoms with Gasteiger partial charge in [0.05, 0.1) is 40.2 Å². The van der Waals surface area contributed by atoms with Crippen molar-refractivity contribution in [1.29, 1.82) is 5.26 Å². The summed E-state index contributed by atoms with van der Waals surface area (Å²) in [5, 5.41) is 21.9. The summed E-state index contributed by atoms with van der Waals surface area (Å²) in [6.45, 7) is 0. The number of pyridine rings is 1. The van der Waals surface area contributed by atoms with Crippen molar-refractivity contribution < 1.29 is 31.5 Å². The number of aromatic nitrogens is 6. The first-order chi connectivity index (χ1) is 19.0. The number of hydrogen-bond donors (Lipinski definition) is 2. The molecule has 0 bridgehead atoms. The van der Waals surface area contributed by atoms with E-state index in [1.54, 1.807) is 53.7 Å². The van der Waals surface area contributed by atoms with Crippen molar-refractivity contribution in [1.82, 2.24) is 29.7 Å². The standard InChI is InChI=1S/C23H17N7O2S.C2HF3O2/c24-8-6-21(16-10-19(13-25-11-16)33(31,32)18-4-2-1-3-5-18)30-14-17(12-29-30)22-20-7-9-26-23(20)28-15-27-22;3-2(4,5)1(6)7/h1-5,7,9-15,21H,6H2,(H,26,27,28);(H,6,7). The number of fused-ring (bicyclic) bond motifs is 1. The summed E-state index contributed by atoms with van der Waals surface area (Å²) in [5.74, 6) is -2.76. The van der Waals surface area contributed by atoms with Crippen LogP contribution in [0.4, 0.5) is 13.2 Å². The van der Waals surface area contributed by atoms with Crippen LogP contribution in [0.2, 0.25) is 0 Å². The zero-order chi connectivity index (χ0) is 28.9. The van der Waals surface area contributed by atoms with Crippen LogP contribution in [0.3, 0.4) is 0 Å². The van der Waals surface area contributed by atoms with Gasteiger partial charge in [-0.1, -0.05) is 18.2 Å². The summed E-state index contributed by atoms with van der Waals surface area (Å²) < 4.78 is 59.5. The van der Waals surface area contributed by atoms with Gasteiger partial charge in [-0.05, 0) is 29.8 Å². The van der Waals surface area contributed by atoms with E-state index in [2.05, 4.69) is 31.1 Å². The second kappa shape index (κ2) is 11.3. The highest BCUT2D eigenvalue weighted by atomic mass is 32.2. The number of alkyl halides is 3. The third kappa shape index (κ3) is 5.97. The van der Waals surface area contributed by atoms with Crippen LogP contribution in [0.5, 0.6) is 0 Å². The SMILES string of the molecule is N#CCC(c1cncc(S(=O)(=O)c2ccccc2)c1)n1cc(-c2ncnc3[nH]ccc23)cn1.O=C(O)C(F)(F)F. The number of nitrogens with one attached hydrogen (secondary N) is 1. The van der Waals surface area contributed by atoms with E-state index in [9.17, 15) is 26.9 Å². The first-order valence-corrected chi connectivity index (χ1v) is 12.8. The number of nitriles is 1. The number of carbonyl (C=O) groups is 1. The Morgan fingerprint density at radius 3 is 2.50 bits per heavy atom. The van der Waals surface area contributed by atoms with Gasteiger partial charge in [-0.3, -0.25) is 9.67 Å². The lowest BCUT2D eigenvalue weighted by Gasteiger charge is -2.15. The summed E-state index contributed by atoms with van der Waals surface area (Å²) >= 11 is 0. The number of H-pyrrole nitrogens is 1. The average molecular weight is 570 g/mol. The number of aromatic amines is 1. The van der Waals surface area contributed by atoms with Gasteiger partial charge in [0.25, 0.3) is 0 Å². The molecule has 4 heterocycles. The molecule has 11 nitrogen and oxygen atoms in total. The molecule has 0 amide bonds. The Balaban J connectivity index is 0.000000470. The number of carboxylic acids is 1. The number of nitrogens with zero attached hydrogens (tertiary/aromatic N) is 6. The zero-order valence-electron chi connectivity index (χ0n) is 20.2. The van der Waals surface area contributed by atoms with Crippen LogP contribution in [0, 0.1) is 11.3 Å². The number of hydrogen-bond acceptors (Lipinski definition) is 8. The van der Waals surface area contributed by atoms with Crippen LogP contribution in [-0.2, 0) is 14.6 Å². The van der Waals surface area contributed by atoms with E-state index in [0.29, 0.717) is 16.9 Å². The van der Waals surface area contributed by atoms with Gasteiger partial charge in [-0.15, -0.1) is 0 Å². The zero-order valence-corrected chi connectivity index (χ0v) is 21.0. The lowest BCUT2D eigenvalue weighted by molar-refractivity contribution is -0.192. The Bertz CT molecular complexity index is 1800. The molecule has 0 fully saturated rings. The second-order valence-electron chi connectivity index (χ2n) is 8.12. The van der Waals surface area contributed by atoms with E-state index in [1.807, 2.05) is 6.07 Å². The molecule has 0 saturated carbocycles. The van der Waals surface area contributed by atoms with Crippen molar-refractivity contribution >= 4 is 26.8 Å². The number of sulfone groups is 1. The van der Waals surface area contributed by atoms with Crippen molar-refractivity contribution in [2.45, 2.75) is 28.4 Å². The molecule has 1 aromatic carbocycles. The van der Waals surface area contributed by atoms with Crippen molar-refractivity contribution in [3.63, 3.8) is 0 Å². The molecule has 5 aromatic rings. The molecule has 2 N–H and O–H groups in total. The molecular formula is C25H18F3N7O4S. The number of benzene rings is 1. The molecular weight excluding hydrogens is 551 g/mol. The predicted molar refractivity (Wildman–Crippen MR) is 133 cm³/mol. The summed E-state index contributed by atoms with van der Waals surface area (Å²) in [4.78, 5) is 24.9. The average Bonchev–Trinajstić information content (AvgIpc) is 3.62. The monoisotopic (exact) mass is 569 g/mol. The van der Waals surface area contributed by atoms with Gasteiger partial charge in [0, 0.05) is 35.7 Å². The summed E-state index contributed by atoms with van der Waals surface area (Å²) in [5.41, 5.74) is 2.75. The Kier molecular flexibility index (Phi) is 7.91. The molecule has 204 valence electrons. The van der Waals surface area contributed by atoms with Gasteiger partial charge in [0.15, 0.2) is 0 Å². The number of carboxylic acid groups (broad SMARTS) is 1. The fraction of sp³-hybridized carbons (Fsp3) is 0.120. The van der Waals surface area contributed by atoms with Gasteiger partial charge < -0.3 is 10.1 Å². The van der Waals surface area contributed by atoms with E-state index < -0.39 is 28.0 Å². The van der Waals surface area contributed by atoms with E-state index in [4.69, 9.17) is 9.90 Å². The van der Waals surface area contributed by atoms with Crippen LogP contribution in [-0.4, -0.2) is 55.4 Å². The van der Waals surface area contributed by atoms with Gasteiger partial charge in [0.1, 0.15) is 12.0 Å². The van der Waals surface area contributed by atoms with Gasteiger partial charge in [0.2, 0.25) is 9.84 Å². The summed E-state index contributed by atoms with van der Waals surface area (Å²) in [7, 11) is -3.74. The first kappa shape index (κ1) is 27.9. The third-order valence-electron chi connectivity index (χ3n) is 5.56. The number of halogens is 3. The van der Waals surface area contributed by atoms with E-state index in [1.165, 1.54) is 24.7 Å². The Morgan fingerprint density at radius 1 is 1.10 bits per heavy atom. The molecule has 4 aromatic heterocycles. The van der Waals surface area contributed by atoms with Gasteiger partial charge in [-0.2, -0.15) is 23.5 Å². The smallest absolute Gasteiger partial charge is 0.475 e. The minimum atomic E-state index is -5.08. The highest BCUT2D eigenvalue weighted by Crippen LogP contribution is 2.29. The molecule has 0 spiro atoms. The minimum absolute atomic E-state index is 0.0614. The number of rotatable bonds is 6. The lowest BCUT2D eigenvalue weighted by Crippen LogP contribution is -2.21. The Hall–Kier alpha value is -5.10. The topological polar surface area (TPSA) is 168 Å². The molecule has 0 aliphatic carbocycles. The third-order valence-corrected chi connectivity index (χ3v) is 7.29. The normalized spacial score (nSPS) is 12.2. The largest absolute Gasteiger partial charge is 0.490 e.